The summed E-state index contributed by atoms with van der Waals surface area (Å²) in [7, 11) is 0. The Bertz CT molecular complexity index is 988. The van der Waals surface area contributed by atoms with Gasteiger partial charge < -0.3 is 20.9 Å². The summed E-state index contributed by atoms with van der Waals surface area (Å²) in [6.45, 7) is 0.452. The SMILES string of the molecule is O=C(N[C@H]1CCN2C(=O)c3cc(-c4cccs4)ccc3NC(=O)[C@@H]2C1)[C@@H]1CSC[NH2+]1. The number of benzene rings is 1. The van der Waals surface area contributed by atoms with Crippen LogP contribution in [-0.4, -0.2) is 58.9 Å². The molecule has 0 radical (unpaired) electrons. The molecule has 5 rings (SSSR count). The summed E-state index contributed by atoms with van der Waals surface area (Å²) in [5.41, 5.74) is 2.05. The lowest BCUT2D eigenvalue weighted by molar-refractivity contribution is -0.648. The van der Waals surface area contributed by atoms with Gasteiger partial charge in [0.05, 0.1) is 17.0 Å². The standard InChI is InChI=1S/C21H22N4O3S2/c26-19(16-10-29-11-22-16)23-13-5-6-25-17(9-13)20(27)24-15-4-3-12(8-14(15)21(25)28)18-2-1-7-30-18/h1-4,7-8,13,16-17,22H,5-6,9-11H2,(H,23,26)(H,24,27)/p+1/t13-,16-,17-/m0/s1. The Morgan fingerprint density at radius 3 is 2.93 bits per heavy atom. The maximum atomic E-state index is 13.3. The van der Waals surface area contributed by atoms with Gasteiger partial charge in [-0.2, -0.15) is 0 Å². The van der Waals surface area contributed by atoms with Gasteiger partial charge in [0.15, 0.2) is 6.04 Å². The molecule has 2 aromatic rings. The first kappa shape index (κ1) is 19.6. The normalized spacial score (nSPS) is 25.9. The topological polar surface area (TPSA) is 95.1 Å². The highest BCUT2D eigenvalue weighted by molar-refractivity contribution is 7.99. The smallest absolute Gasteiger partial charge is 0.279 e. The Labute approximate surface area is 182 Å². The van der Waals surface area contributed by atoms with Crippen LogP contribution in [0.5, 0.6) is 0 Å². The number of hydrogen-bond donors (Lipinski definition) is 3. The first-order valence-corrected chi connectivity index (χ1v) is 12.1. The summed E-state index contributed by atoms with van der Waals surface area (Å²) in [5.74, 6) is 1.43. The Hall–Kier alpha value is -2.36. The van der Waals surface area contributed by atoms with E-state index in [4.69, 9.17) is 0 Å². The lowest BCUT2D eigenvalue weighted by Crippen LogP contribution is -2.89. The van der Waals surface area contributed by atoms with Crippen LogP contribution in [0.15, 0.2) is 35.7 Å². The van der Waals surface area contributed by atoms with Gasteiger partial charge in [0.1, 0.15) is 11.9 Å². The van der Waals surface area contributed by atoms with Crippen LogP contribution in [0.1, 0.15) is 23.2 Å². The lowest BCUT2D eigenvalue weighted by Gasteiger charge is -2.37. The molecule has 3 atom stereocenters. The Balaban J connectivity index is 1.35. The minimum Gasteiger partial charge on any atom is -0.348 e. The molecule has 3 aliphatic heterocycles. The monoisotopic (exact) mass is 443 g/mol. The molecule has 4 N–H and O–H groups in total. The first-order valence-electron chi connectivity index (χ1n) is 10.1. The van der Waals surface area contributed by atoms with Crippen LogP contribution in [-0.2, 0) is 9.59 Å². The maximum Gasteiger partial charge on any atom is 0.279 e. The molecule has 156 valence electrons. The fourth-order valence-corrected chi connectivity index (χ4v) is 6.09. The second kappa shape index (κ2) is 8.05. The molecule has 1 aromatic heterocycles. The largest absolute Gasteiger partial charge is 0.348 e. The predicted molar refractivity (Wildman–Crippen MR) is 117 cm³/mol. The molecule has 1 aromatic carbocycles. The highest BCUT2D eigenvalue weighted by Crippen LogP contribution is 2.33. The number of anilines is 1. The molecule has 2 fully saturated rings. The number of nitrogens with one attached hydrogen (secondary N) is 2. The molecule has 0 unspecified atom stereocenters. The van der Waals surface area contributed by atoms with Crippen molar-refractivity contribution in [1.29, 1.82) is 0 Å². The van der Waals surface area contributed by atoms with Gasteiger partial charge in [-0.05, 0) is 42.0 Å². The third-order valence-corrected chi connectivity index (χ3v) is 7.90. The van der Waals surface area contributed by atoms with E-state index in [2.05, 4.69) is 10.6 Å². The van der Waals surface area contributed by atoms with Crippen LogP contribution in [0.25, 0.3) is 10.4 Å². The van der Waals surface area contributed by atoms with Crippen molar-refractivity contribution in [3.8, 4) is 10.4 Å². The number of piperidine rings is 1. The molecule has 0 aliphatic carbocycles. The van der Waals surface area contributed by atoms with Gasteiger partial charge >= 0.3 is 0 Å². The molecule has 30 heavy (non-hydrogen) atoms. The molecule has 9 heteroatoms. The third-order valence-electron chi connectivity index (χ3n) is 5.96. The molecular weight excluding hydrogens is 420 g/mol. The lowest BCUT2D eigenvalue weighted by atomic mass is 9.95. The number of amides is 3. The number of thiophene rings is 1. The summed E-state index contributed by atoms with van der Waals surface area (Å²) in [4.78, 5) is 41.5. The summed E-state index contributed by atoms with van der Waals surface area (Å²) in [6.07, 6.45) is 1.09. The van der Waals surface area contributed by atoms with Gasteiger partial charge in [0.25, 0.3) is 11.8 Å². The second-order valence-electron chi connectivity index (χ2n) is 7.85. The van der Waals surface area contributed by atoms with Crippen LogP contribution in [0.4, 0.5) is 5.69 Å². The number of nitrogens with zero attached hydrogens (tertiary/aromatic N) is 1. The Morgan fingerprint density at radius 1 is 1.27 bits per heavy atom. The quantitative estimate of drug-likeness (QED) is 0.662. The summed E-state index contributed by atoms with van der Waals surface area (Å²) >= 11 is 3.37. The van der Waals surface area contributed by atoms with Crippen molar-refractivity contribution in [1.82, 2.24) is 10.2 Å². The van der Waals surface area contributed by atoms with Crippen LogP contribution in [0.3, 0.4) is 0 Å². The van der Waals surface area contributed by atoms with Gasteiger partial charge in [-0.1, -0.05) is 23.9 Å². The maximum absolute atomic E-state index is 13.3. The molecule has 0 spiro atoms. The zero-order valence-electron chi connectivity index (χ0n) is 16.3. The van der Waals surface area contributed by atoms with Gasteiger partial charge in [-0.3, -0.25) is 14.4 Å². The van der Waals surface area contributed by atoms with Crippen molar-refractivity contribution >= 4 is 46.5 Å². The van der Waals surface area contributed by atoms with E-state index in [1.165, 1.54) is 0 Å². The molecular formula is C21H23N4O3S2+. The second-order valence-corrected chi connectivity index (χ2v) is 9.87. The molecule has 0 bridgehead atoms. The van der Waals surface area contributed by atoms with Crippen LogP contribution < -0.4 is 16.0 Å². The van der Waals surface area contributed by atoms with E-state index < -0.39 is 6.04 Å². The van der Waals surface area contributed by atoms with Gasteiger partial charge in [0, 0.05) is 17.5 Å². The number of quaternary nitrogens is 1. The molecule has 3 aliphatic rings. The van der Waals surface area contributed by atoms with E-state index in [1.807, 2.05) is 41.0 Å². The van der Waals surface area contributed by atoms with Crippen LogP contribution in [0.2, 0.25) is 0 Å². The average Bonchev–Trinajstić information content (AvgIpc) is 3.46. The zero-order valence-corrected chi connectivity index (χ0v) is 17.9. The number of rotatable bonds is 3. The minimum atomic E-state index is -0.573. The number of carbonyl (C=O) groups is 3. The predicted octanol–water partition coefficient (Wildman–Crippen LogP) is 1.09. The average molecular weight is 444 g/mol. The van der Waals surface area contributed by atoms with Gasteiger partial charge in [0.2, 0.25) is 5.91 Å². The van der Waals surface area contributed by atoms with Crippen molar-refractivity contribution < 1.29 is 19.7 Å². The Morgan fingerprint density at radius 2 is 2.17 bits per heavy atom. The molecule has 4 heterocycles. The van der Waals surface area contributed by atoms with Crippen molar-refractivity contribution in [2.24, 2.45) is 0 Å². The van der Waals surface area contributed by atoms with Gasteiger partial charge in [-0.15, -0.1) is 11.3 Å². The fraction of sp³-hybridized carbons (Fsp3) is 0.381. The minimum absolute atomic E-state index is 0.0303. The van der Waals surface area contributed by atoms with E-state index >= 15 is 0 Å². The molecule has 7 nitrogen and oxygen atoms in total. The number of nitrogens with two attached hydrogens (primary N) is 1. The highest BCUT2D eigenvalue weighted by Gasteiger charge is 2.41. The molecule has 3 amide bonds. The Kier molecular flexibility index (Phi) is 5.26. The van der Waals surface area contributed by atoms with Crippen molar-refractivity contribution in [2.45, 2.75) is 31.0 Å². The summed E-state index contributed by atoms with van der Waals surface area (Å²) < 4.78 is 0. The summed E-state index contributed by atoms with van der Waals surface area (Å²) in [6, 6.07) is 8.88. The van der Waals surface area contributed by atoms with Gasteiger partial charge in [-0.25, -0.2) is 0 Å². The van der Waals surface area contributed by atoms with Crippen molar-refractivity contribution in [2.75, 3.05) is 23.5 Å². The number of fused-ring (bicyclic) bond motifs is 2. The van der Waals surface area contributed by atoms with E-state index in [9.17, 15) is 14.4 Å². The number of thioether (sulfide) groups is 1. The van der Waals surface area contributed by atoms with Crippen molar-refractivity contribution in [3.63, 3.8) is 0 Å². The molecule has 0 saturated carbocycles. The first-order chi connectivity index (χ1) is 14.6. The van der Waals surface area contributed by atoms with E-state index in [1.54, 1.807) is 28.0 Å². The fourth-order valence-electron chi connectivity index (χ4n) is 4.32. The van der Waals surface area contributed by atoms with E-state index in [0.29, 0.717) is 30.6 Å². The third kappa shape index (κ3) is 3.61. The van der Waals surface area contributed by atoms with Crippen LogP contribution in [0, 0.1) is 0 Å². The molecule has 2 saturated heterocycles. The summed E-state index contributed by atoms with van der Waals surface area (Å²) in [5, 5.41) is 10.1. The zero-order chi connectivity index (χ0) is 20.7. The van der Waals surface area contributed by atoms with E-state index in [0.717, 1.165) is 22.1 Å². The number of hydrogen-bond acceptors (Lipinski definition) is 5. The van der Waals surface area contributed by atoms with Crippen molar-refractivity contribution in [3.05, 3.63) is 41.3 Å². The van der Waals surface area contributed by atoms with Crippen LogP contribution >= 0.6 is 23.1 Å². The number of carbonyl (C=O) groups excluding carboxylic acids is 3. The highest BCUT2D eigenvalue weighted by atomic mass is 32.2. The van der Waals surface area contributed by atoms with E-state index in [-0.39, 0.29) is 29.8 Å².